The highest BCUT2D eigenvalue weighted by molar-refractivity contribution is 5.83. The molecule has 1 amide bonds. The van der Waals surface area contributed by atoms with Crippen LogP contribution in [-0.4, -0.2) is 48.8 Å². The summed E-state index contributed by atoms with van der Waals surface area (Å²) in [6.45, 7) is 1.67. The van der Waals surface area contributed by atoms with Crippen molar-refractivity contribution in [1.29, 1.82) is 0 Å². The van der Waals surface area contributed by atoms with Gasteiger partial charge in [0, 0.05) is 19.0 Å². The summed E-state index contributed by atoms with van der Waals surface area (Å²) >= 11 is 0. The molecule has 0 spiro atoms. The van der Waals surface area contributed by atoms with E-state index >= 15 is 0 Å². The van der Waals surface area contributed by atoms with Crippen molar-refractivity contribution in [2.45, 2.75) is 44.2 Å². The molecule has 0 aromatic carbocycles. The van der Waals surface area contributed by atoms with Gasteiger partial charge in [0.05, 0.1) is 13.7 Å². The summed E-state index contributed by atoms with van der Waals surface area (Å²) in [7, 11) is 1.29. The van der Waals surface area contributed by atoms with Gasteiger partial charge in [-0.2, -0.15) is 0 Å². The van der Waals surface area contributed by atoms with Crippen LogP contribution >= 0.6 is 0 Å². The summed E-state index contributed by atoms with van der Waals surface area (Å²) in [6, 6.07) is -0.712. The lowest BCUT2D eigenvalue weighted by molar-refractivity contribution is -0.144. The highest BCUT2D eigenvalue weighted by Gasteiger charge is 2.34. The number of ether oxygens (including phenoxy) is 1. The molecule has 0 aromatic heterocycles. The van der Waals surface area contributed by atoms with Crippen LogP contribution in [0.1, 0.15) is 32.6 Å². The van der Waals surface area contributed by atoms with Crippen LogP contribution in [0.3, 0.4) is 0 Å². The lowest BCUT2D eigenvalue weighted by Gasteiger charge is -2.30. The maximum absolute atomic E-state index is 11.5. The zero-order valence-electron chi connectivity index (χ0n) is 11.0. The van der Waals surface area contributed by atoms with Gasteiger partial charge in [-0.1, -0.05) is 12.8 Å². The Morgan fingerprint density at radius 1 is 1.39 bits per heavy atom. The molecule has 3 N–H and O–H groups in total. The highest BCUT2D eigenvalue weighted by atomic mass is 16.5. The van der Waals surface area contributed by atoms with Gasteiger partial charge < -0.3 is 20.5 Å². The molecule has 0 aromatic rings. The second-order valence-corrected chi connectivity index (χ2v) is 4.80. The average Bonchev–Trinajstić information content (AvgIpc) is 2.82. The molecule has 1 atom stereocenters. The average molecular weight is 258 g/mol. The Labute approximate surface area is 107 Å². The van der Waals surface area contributed by atoms with Crippen LogP contribution in [0.4, 0.5) is 0 Å². The first-order valence-electron chi connectivity index (χ1n) is 6.24. The second-order valence-electron chi connectivity index (χ2n) is 4.80. The Kier molecular flexibility index (Phi) is 5.55. The van der Waals surface area contributed by atoms with E-state index in [0.717, 1.165) is 25.7 Å². The molecule has 18 heavy (non-hydrogen) atoms. The predicted molar refractivity (Wildman–Crippen MR) is 65.9 cm³/mol. The van der Waals surface area contributed by atoms with Crippen LogP contribution in [0.25, 0.3) is 0 Å². The Morgan fingerprint density at radius 2 is 2.00 bits per heavy atom. The monoisotopic (exact) mass is 258 g/mol. The van der Waals surface area contributed by atoms with Crippen molar-refractivity contribution < 1.29 is 19.4 Å². The number of amides is 1. The normalized spacial score (nSPS) is 19.3. The third-order valence-electron chi connectivity index (χ3n) is 3.41. The summed E-state index contributed by atoms with van der Waals surface area (Å²) in [4.78, 5) is 22.5. The van der Waals surface area contributed by atoms with Crippen molar-refractivity contribution in [3.05, 3.63) is 0 Å². The molecular weight excluding hydrogens is 236 g/mol. The smallest absolute Gasteiger partial charge is 0.329 e. The van der Waals surface area contributed by atoms with Crippen molar-refractivity contribution in [1.82, 2.24) is 10.6 Å². The van der Waals surface area contributed by atoms with E-state index in [4.69, 9.17) is 0 Å². The Bertz CT molecular complexity index is 300. The van der Waals surface area contributed by atoms with Crippen molar-refractivity contribution in [3.8, 4) is 0 Å². The van der Waals surface area contributed by atoms with E-state index in [9.17, 15) is 14.7 Å². The molecule has 1 aliphatic rings. The molecule has 6 nitrogen and oxygen atoms in total. The number of carbonyl (C=O) groups is 2. The number of esters is 1. The molecule has 104 valence electrons. The van der Waals surface area contributed by atoms with Crippen molar-refractivity contribution >= 4 is 11.9 Å². The summed E-state index contributed by atoms with van der Waals surface area (Å²) in [5, 5.41) is 15.2. The molecule has 1 fully saturated rings. The maximum atomic E-state index is 11.5. The highest BCUT2D eigenvalue weighted by Crippen LogP contribution is 2.28. The predicted octanol–water partition coefficient (Wildman–Crippen LogP) is -0.441. The van der Waals surface area contributed by atoms with Gasteiger partial charge in [0.25, 0.3) is 0 Å². The maximum Gasteiger partial charge on any atom is 0.329 e. The van der Waals surface area contributed by atoms with Crippen LogP contribution in [0, 0.1) is 0 Å². The van der Waals surface area contributed by atoms with Gasteiger partial charge in [0.1, 0.15) is 6.04 Å². The third-order valence-corrected chi connectivity index (χ3v) is 3.41. The molecule has 1 aliphatic carbocycles. The van der Waals surface area contributed by atoms with E-state index in [2.05, 4.69) is 15.4 Å². The van der Waals surface area contributed by atoms with E-state index in [1.165, 1.54) is 14.0 Å². The van der Waals surface area contributed by atoms with Gasteiger partial charge in [-0.05, 0) is 12.8 Å². The summed E-state index contributed by atoms with van der Waals surface area (Å²) in [5.41, 5.74) is -0.315. The second kappa shape index (κ2) is 6.70. The largest absolute Gasteiger partial charge is 0.467 e. The molecule has 0 bridgehead atoms. The number of hydrogen-bond donors (Lipinski definition) is 3. The van der Waals surface area contributed by atoms with E-state index < -0.39 is 12.0 Å². The molecule has 1 saturated carbocycles. The minimum Gasteiger partial charge on any atom is -0.467 e. The standard InChI is InChI=1S/C12H22N2O4/c1-9(16)14-10(11(17)18-2)7-13-12(8-15)5-3-4-6-12/h10,13,15H,3-8H2,1-2H3,(H,14,16). The van der Waals surface area contributed by atoms with Crippen molar-refractivity contribution in [2.75, 3.05) is 20.3 Å². The molecular formula is C12H22N2O4. The number of aliphatic hydroxyl groups excluding tert-OH is 1. The fourth-order valence-corrected chi connectivity index (χ4v) is 2.34. The molecule has 6 heteroatoms. The van der Waals surface area contributed by atoms with Crippen LogP contribution < -0.4 is 10.6 Å². The van der Waals surface area contributed by atoms with Gasteiger partial charge in [0.2, 0.25) is 5.91 Å². The quantitative estimate of drug-likeness (QED) is 0.562. The number of hydrogen-bond acceptors (Lipinski definition) is 5. The van der Waals surface area contributed by atoms with Crippen LogP contribution in [0.15, 0.2) is 0 Å². The van der Waals surface area contributed by atoms with E-state index in [1.807, 2.05) is 0 Å². The molecule has 1 rings (SSSR count). The Morgan fingerprint density at radius 3 is 2.44 bits per heavy atom. The lowest BCUT2D eigenvalue weighted by atomic mass is 9.98. The van der Waals surface area contributed by atoms with E-state index in [1.54, 1.807) is 0 Å². The van der Waals surface area contributed by atoms with Crippen LogP contribution in [-0.2, 0) is 14.3 Å². The van der Waals surface area contributed by atoms with Crippen LogP contribution in [0.5, 0.6) is 0 Å². The minimum absolute atomic E-state index is 0.0426. The van der Waals surface area contributed by atoms with Gasteiger partial charge in [0.15, 0.2) is 0 Å². The SMILES string of the molecule is COC(=O)C(CNC1(CO)CCCC1)NC(C)=O. The van der Waals surface area contributed by atoms with Gasteiger partial charge in [-0.25, -0.2) is 4.79 Å². The van der Waals surface area contributed by atoms with Crippen LogP contribution in [0.2, 0.25) is 0 Å². The minimum atomic E-state index is -0.712. The first-order valence-corrected chi connectivity index (χ1v) is 6.24. The van der Waals surface area contributed by atoms with Gasteiger partial charge >= 0.3 is 5.97 Å². The summed E-state index contributed by atoms with van der Waals surface area (Å²) in [6.07, 6.45) is 3.90. The summed E-state index contributed by atoms with van der Waals surface area (Å²) in [5.74, 6) is -0.763. The van der Waals surface area contributed by atoms with Crippen molar-refractivity contribution in [3.63, 3.8) is 0 Å². The fraction of sp³-hybridized carbons (Fsp3) is 0.833. The molecule has 0 aliphatic heterocycles. The number of nitrogens with one attached hydrogen (secondary N) is 2. The molecule has 1 unspecified atom stereocenters. The Hall–Kier alpha value is -1.14. The first kappa shape index (κ1) is 14.9. The zero-order chi connectivity index (χ0) is 13.6. The molecule has 0 radical (unpaired) electrons. The fourth-order valence-electron chi connectivity index (χ4n) is 2.34. The first-order chi connectivity index (χ1) is 8.53. The van der Waals surface area contributed by atoms with Crippen molar-refractivity contribution in [2.24, 2.45) is 0 Å². The topological polar surface area (TPSA) is 87.7 Å². The number of rotatable bonds is 6. The number of aliphatic hydroxyl groups is 1. The lowest BCUT2D eigenvalue weighted by Crippen LogP contribution is -2.54. The summed E-state index contributed by atoms with van der Waals surface area (Å²) < 4.78 is 4.64. The third kappa shape index (κ3) is 3.96. The van der Waals surface area contributed by atoms with E-state index in [0.29, 0.717) is 0 Å². The molecule has 0 saturated heterocycles. The Balaban J connectivity index is 2.55. The van der Waals surface area contributed by atoms with E-state index in [-0.39, 0.29) is 24.6 Å². The number of methoxy groups -OCH3 is 1. The molecule has 0 heterocycles. The zero-order valence-corrected chi connectivity index (χ0v) is 11.0. The number of carbonyl (C=O) groups excluding carboxylic acids is 2. The van der Waals surface area contributed by atoms with Gasteiger partial charge in [-0.3, -0.25) is 4.79 Å². The van der Waals surface area contributed by atoms with Gasteiger partial charge in [-0.15, -0.1) is 0 Å².